The summed E-state index contributed by atoms with van der Waals surface area (Å²) in [5.41, 5.74) is 10.3. The minimum atomic E-state index is -0.876. The Morgan fingerprint density at radius 3 is 2.55 bits per heavy atom. The molecule has 2 atom stereocenters. The van der Waals surface area contributed by atoms with Gasteiger partial charge >= 0.3 is 0 Å². The third kappa shape index (κ3) is 5.77. The molecule has 0 aromatic rings. The number of carbonyl (C=O) groups excluding carboxylic acids is 1. The predicted octanol–water partition coefficient (Wildman–Crippen LogP) is 1.11. The maximum atomic E-state index is 11.2. The second-order valence-electron chi connectivity index (χ2n) is 6.35. The van der Waals surface area contributed by atoms with Crippen LogP contribution >= 0.6 is 0 Å². The summed E-state index contributed by atoms with van der Waals surface area (Å²) in [6.07, 6.45) is 5.33. The Labute approximate surface area is 123 Å². The van der Waals surface area contributed by atoms with Crippen LogP contribution in [0.2, 0.25) is 0 Å². The van der Waals surface area contributed by atoms with Gasteiger partial charge in [-0.25, -0.2) is 0 Å². The molecule has 0 radical (unpaired) electrons. The number of ether oxygens (including phenoxy) is 1. The van der Waals surface area contributed by atoms with E-state index >= 15 is 0 Å². The van der Waals surface area contributed by atoms with E-state index in [1.807, 2.05) is 0 Å². The SMILES string of the molecule is COCCN(CCCCC(C)(N)C(N)=O)C(C)C1CC1. The fourth-order valence-corrected chi connectivity index (χ4v) is 2.53. The predicted molar refractivity (Wildman–Crippen MR) is 81.3 cm³/mol. The van der Waals surface area contributed by atoms with Gasteiger partial charge in [0.2, 0.25) is 5.91 Å². The molecule has 0 saturated heterocycles. The average molecular weight is 285 g/mol. The summed E-state index contributed by atoms with van der Waals surface area (Å²) in [4.78, 5) is 13.7. The van der Waals surface area contributed by atoms with Gasteiger partial charge in [0, 0.05) is 19.7 Å². The van der Waals surface area contributed by atoms with E-state index in [0.717, 1.165) is 38.5 Å². The Morgan fingerprint density at radius 1 is 1.40 bits per heavy atom. The number of unbranched alkanes of at least 4 members (excludes halogenated alkanes) is 1. The molecule has 1 rings (SSSR count). The minimum absolute atomic E-state index is 0.417. The molecule has 5 nitrogen and oxygen atoms in total. The van der Waals surface area contributed by atoms with Gasteiger partial charge in [-0.1, -0.05) is 0 Å². The van der Waals surface area contributed by atoms with Gasteiger partial charge in [0.15, 0.2) is 0 Å². The molecular weight excluding hydrogens is 254 g/mol. The van der Waals surface area contributed by atoms with Gasteiger partial charge in [-0.3, -0.25) is 9.69 Å². The van der Waals surface area contributed by atoms with Gasteiger partial charge < -0.3 is 16.2 Å². The first-order valence-corrected chi connectivity index (χ1v) is 7.70. The van der Waals surface area contributed by atoms with Crippen molar-refractivity contribution in [2.45, 2.75) is 57.5 Å². The number of nitrogens with two attached hydrogens (primary N) is 2. The van der Waals surface area contributed by atoms with Crippen LogP contribution < -0.4 is 11.5 Å². The summed E-state index contributed by atoms with van der Waals surface area (Å²) >= 11 is 0. The highest BCUT2D eigenvalue weighted by Crippen LogP contribution is 2.35. The van der Waals surface area contributed by atoms with Crippen LogP contribution in [0, 0.1) is 5.92 Å². The van der Waals surface area contributed by atoms with Gasteiger partial charge in [0.05, 0.1) is 12.1 Å². The normalized spacial score (nSPS) is 19.9. The van der Waals surface area contributed by atoms with Gasteiger partial charge in [-0.15, -0.1) is 0 Å². The lowest BCUT2D eigenvalue weighted by atomic mass is 9.95. The zero-order chi connectivity index (χ0) is 15.2. The number of amides is 1. The molecule has 1 amide bonds. The lowest BCUT2D eigenvalue weighted by molar-refractivity contribution is -0.122. The van der Waals surface area contributed by atoms with Crippen LogP contribution in [0.4, 0.5) is 0 Å². The lowest BCUT2D eigenvalue weighted by Gasteiger charge is -2.29. The van der Waals surface area contributed by atoms with Crippen LogP contribution in [0.1, 0.15) is 46.0 Å². The molecule has 4 N–H and O–H groups in total. The van der Waals surface area contributed by atoms with Crippen LogP contribution in [0.15, 0.2) is 0 Å². The van der Waals surface area contributed by atoms with E-state index in [1.165, 1.54) is 12.8 Å². The molecule has 0 aromatic heterocycles. The van der Waals surface area contributed by atoms with Crippen molar-refractivity contribution in [1.82, 2.24) is 4.90 Å². The number of carbonyl (C=O) groups is 1. The maximum Gasteiger partial charge on any atom is 0.237 e. The van der Waals surface area contributed by atoms with Crippen LogP contribution in [0.3, 0.4) is 0 Å². The first-order valence-electron chi connectivity index (χ1n) is 7.70. The Morgan fingerprint density at radius 2 is 2.05 bits per heavy atom. The fourth-order valence-electron chi connectivity index (χ4n) is 2.53. The van der Waals surface area contributed by atoms with Crippen molar-refractivity contribution >= 4 is 5.91 Å². The van der Waals surface area contributed by atoms with Gasteiger partial charge in [0.25, 0.3) is 0 Å². The molecular formula is C15H31N3O2. The van der Waals surface area contributed by atoms with Crippen LogP contribution in [-0.2, 0) is 9.53 Å². The van der Waals surface area contributed by atoms with Gasteiger partial charge in [-0.2, -0.15) is 0 Å². The summed E-state index contributed by atoms with van der Waals surface area (Å²) in [7, 11) is 1.74. The van der Waals surface area contributed by atoms with E-state index in [4.69, 9.17) is 16.2 Å². The fraction of sp³-hybridized carbons (Fsp3) is 0.933. The third-order valence-corrected chi connectivity index (χ3v) is 4.42. The van der Waals surface area contributed by atoms with Crippen molar-refractivity contribution in [3.8, 4) is 0 Å². The Balaban J connectivity index is 2.29. The second kappa shape index (κ2) is 7.96. The first-order chi connectivity index (χ1) is 9.38. The van der Waals surface area contributed by atoms with Gasteiger partial charge in [-0.05, 0) is 58.4 Å². The number of primary amides is 1. The Hall–Kier alpha value is -0.650. The zero-order valence-corrected chi connectivity index (χ0v) is 13.2. The number of hydrogen-bond acceptors (Lipinski definition) is 4. The minimum Gasteiger partial charge on any atom is -0.383 e. The molecule has 1 fully saturated rings. The summed E-state index contributed by atoms with van der Waals surface area (Å²) in [5.74, 6) is 0.442. The van der Waals surface area contributed by atoms with Gasteiger partial charge in [0.1, 0.15) is 0 Å². The summed E-state index contributed by atoms with van der Waals surface area (Å²) < 4.78 is 5.19. The summed E-state index contributed by atoms with van der Waals surface area (Å²) in [6.45, 7) is 6.81. The molecule has 2 unspecified atom stereocenters. The molecule has 0 aliphatic heterocycles. The summed E-state index contributed by atoms with van der Waals surface area (Å²) in [6, 6.07) is 0.630. The van der Waals surface area contributed by atoms with Crippen molar-refractivity contribution in [3.05, 3.63) is 0 Å². The lowest BCUT2D eigenvalue weighted by Crippen LogP contribution is -2.49. The zero-order valence-electron chi connectivity index (χ0n) is 13.2. The average Bonchev–Trinajstić information content (AvgIpc) is 3.21. The summed E-state index contributed by atoms with van der Waals surface area (Å²) in [5, 5.41) is 0. The van der Waals surface area contributed by atoms with E-state index in [9.17, 15) is 4.79 Å². The van der Waals surface area contributed by atoms with Crippen molar-refractivity contribution in [3.63, 3.8) is 0 Å². The highest BCUT2D eigenvalue weighted by Gasteiger charge is 2.31. The van der Waals surface area contributed by atoms with E-state index in [1.54, 1.807) is 14.0 Å². The van der Waals surface area contributed by atoms with Crippen LogP contribution in [-0.4, -0.2) is 49.2 Å². The van der Waals surface area contributed by atoms with E-state index in [0.29, 0.717) is 12.5 Å². The largest absolute Gasteiger partial charge is 0.383 e. The topological polar surface area (TPSA) is 81.6 Å². The van der Waals surface area contributed by atoms with Crippen LogP contribution in [0.5, 0.6) is 0 Å². The Kier molecular flexibility index (Phi) is 6.92. The van der Waals surface area contributed by atoms with E-state index in [-0.39, 0.29) is 0 Å². The van der Waals surface area contributed by atoms with E-state index in [2.05, 4.69) is 11.8 Å². The Bertz CT molecular complexity index is 303. The standard InChI is InChI=1S/C15H31N3O2/c1-12(13-6-7-13)18(10-11-20-3)9-5-4-8-15(2,17)14(16)19/h12-13H,4-11,17H2,1-3H3,(H2,16,19). The molecule has 0 aromatic carbocycles. The molecule has 0 spiro atoms. The highest BCUT2D eigenvalue weighted by molar-refractivity contribution is 5.83. The smallest absolute Gasteiger partial charge is 0.237 e. The first kappa shape index (κ1) is 17.4. The molecule has 5 heteroatoms. The monoisotopic (exact) mass is 285 g/mol. The van der Waals surface area contributed by atoms with Crippen molar-refractivity contribution in [2.75, 3.05) is 26.8 Å². The second-order valence-corrected chi connectivity index (χ2v) is 6.35. The number of nitrogens with zero attached hydrogens (tertiary/aromatic N) is 1. The third-order valence-electron chi connectivity index (χ3n) is 4.42. The molecule has 0 heterocycles. The van der Waals surface area contributed by atoms with Crippen molar-refractivity contribution < 1.29 is 9.53 Å². The molecule has 118 valence electrons. The highest BCUT2D eigenvalue weighted by atomic mass is 16.5. The van der Waals surface area contributed by atoms with Crippen molar-refractivity contribution in [1.29, 1.82) is 0 Å². The molecule has 0 bridgehead atoms. The maximum absolute atomic E-state index is 11.2. The number of rotatable bonds is 11. The molecule has 1 aliphatic carbocycles. The number of hydrogen-bond donors (Lipinski definition) is 2. The molecule has 20 heavy (non-hydrogen) atoms. The van der Waals surface area contributed by atoms with E-state index < -0.39 is 11.4 Å². The molecule has 1 aliphatic rings. The quantitative estimate of drug-likeness (QED) is 0.557. The van der Waals surface area contributed by atoms with Crippen LogP contribution in [0.25, 0.3) is 0 Å². The molecule has 1 saturated carbocycles. The van der Waals surface area contributed by atoms with Crippen molar-refractivity contribution in [2.24, 2.45) is 17.4 Å². The number of methoxy groups -OCH3 is 1.